The molecule has 42 heavy (non-hydrogen) atoms. The fourth-order valence-electron chi connectivity index (χ4n) is 3.13. The minimum absolute atomic E-state index is 0.0409. The first-order valence-electron chi connectivity index (χ1n) is 13.4. The van der Waals surface area contributed by atoms with E-state index in [2.05, 4.69) is 10.6 Å². The Morgan fingerprint density at radius 1 is 0.619 bits per heavy atom. The summed E-state index contributed by atoms with van der Waals surface area (Å²) in [4.78, 5) is 50.6. The number of rotatable bonds is 13. The van der Waals surface area contributed by atoms with E-state index in [-0.39, 0.29) is 24.7 Å². The van der Waals surface area contributed by atoms with Gasteiger partial charge in [-0.05, 0) is 52.7 Å². The first-order valence-corrected chi connectivity index (χ1v) is 15.9. The van der Waals surface area contributed by atoms with E-state index in [1.54, 1.807) is 41.5 Å². The van der Waals surface area contributed by atoms with Crippen LogP contribution in [0.4, 0.5) is 9.59 Å². The van der Waals surface area contributed by atoms with E-state index >= 15 is 0 Å². The minimum Gasteiger partial charge on any atom is -0.458 e. The van der Waals surface area contributed by atoms with Crippen molar-refractivity contribution in [2.75, 3.05) is 11.5 Å². The molecule has 12 heteroatoms. The summed E-state index contributed by atoms with van der Waals surface area (Å²) in [5.41, 5.74) is 0.0622. The molecule has 0 aliphatic heterocycles. The van der Waals surface area contributed by atoms with Gasteiger partial charge in [-0.3, -0.25) is 0 Å². The van der Waals surface area contributed by atoms with Crippen LogP contribution in [-0.4, -0.2) is 58.9 Å². The van der Waals surface area contributed by atoms with E-state index in [0.29, 0.717) is 0 Å². The lowest BCUT2D eigenvalue weighted by molar-refractivity contribution is -0.157. The van der Waals surface area contributed by atoms with E-state index in [4.69, 9.17) is 18.9 Å². The Morgan fingerprint density at radius 2 is 0.952 bits per heavy atom. The van der Waals surface area contributed by atoms with Crippen molar-refractivity contribution in [2.45, 2.75) is 78.0 Å². The monoisotopic (exact) mass is 620 g/mol. The number of hydrogen-bond donors (Lipinski definition) is 2. The van der Waals surface area contributed by atoms with Gasteiger partial charge in [0.1, 0.15) is 36.5 Å². The third-order valence-corrected chi connectivity index (χ3v) is 7.37. The van der Waals surface area contributed by atoms with Gasteiger partial charge in [-0.1, -0.05) is 82.3 Å². The first kappa shape index (κ1) is 34.8. The number of nitrogens with one attached hydrogen (secondary N) is 2. The maximum absolute atomic E-state index is 12.8. The van der Waals surface area contributed by atoms with Crippen molar-refractivity contribution in [3.8, 4) is 0 Å². The largest absolute Gasteiger partial charge is 0.458 e. The highest BCUT2D eigenvalue weighted by atomic mass is 33.1. The van der Waals surface area contributed by atoms with Crippen LogP contribution < -0.4 is 10.6 Å². The average molecular weight is 621 g/mol. The third-order valence-electron chi connectivity index (χ3n) is 4.95. The van der Waals surface area contributed by atoms with Gasteiger partial charge >= 0.3 is 24.1 Å². The second-order valence-electron chi connectivity index (χ2n) is 11.2. The SMILES string of the molecule is CC(C)(C)OC(=O)[C@H](CSSC[C@@H](NC(=O)OCc1ccccc1)C(=O)OC(C)(C)C)NC(=O)OCc1ccccc1. The normalized spacial score (nSPS) is 12.8. The Morgan fingerprint density at radius 3 is 1.26 bits per heavy atom. The van der Waals surface area contributed by atoms with E-state index in [9.17, 15) is 19.2 Å². The topological polar surface area (TPSA) is 129 Å². The van der Waals surface area contributed by atoms with Crippen molar-refractivity contribution in [2.24, 2.45) is 0 Å². The molecule has 2 aromatic rings. The van der Waals surface area contributed by atoms with Crippen LogP contribution in [0, 0.1) is 0 Å². The molecule has 10 nitrogen and oxygen atoms in total. The second-order valence-corrected chi connectivity index (χ2v) is 13.7. The number of carbonyl (C=O) groups excluding carboxylic acids is 4. The summed E-state index contributed by atoms with van der Waals surface area (Å²) >= 11 is 0. The summed E-state index contributed by atoms with van der Waals surface area (Å²) in [6.07, 6.45) is -1.54. The molecule has 2 rings (SSSR count). The van der Waals surface area contributed by atoms with E-state index < -0.39 is 47.4 Å². The second kappa shape index (κ2) is 16.9. The van der Waals surface area contributed by atoms with Crippen LogP contribution in [-0.2, 0) is 41.8 Å². The van der Waals surface area contributed by atoms with Crippen LogP contribution in [0.15, 0.2) is 60.7 Å². The van der Waals surface area contributed by atoms with Gasteiger partial charge in [0.05, 0.1) is 0 Å². The Bertz CT molecular complexity index is 1060. The average Bonchev–Trinajstić information content (AvgIpc) is 2.91. The lowest BCUT2D eigenvalue weighted by Crippen LogP contribution is -2.46. The molecule has 0 unspecified atom stereocenters. The maximum Gasteiger partial charge on any atom is 0.408 e. The molecular formula is C30H40N2O8S2. The van der Waals surface area contributed by atoms with E-state index in [0.717, 1.165) is 11.1 Å². The maximum atomic E-state index is 12.8. The van der Waals surface area contributed by atoms with Crippen molar-refractivity contribution in [3.05, 3.63) is 71.8 Å². The molecule has 0 radical (unpaired) electrons. The minimum atomic E-state index is -1.02. The van der Waals surface area contributed by atoms with Gasteiger partial charge < -0.3 is 29.6 Å². The fourth-order valence-corrected chi connectivity index (χ4v) is 5.43. The summed E-state index contributed by atoms with van der Waals surface area (Å²) < 4.78 is 21.5. The summed E-state index contributed by atoms with van der Waals surface area (Å²) in [6.45, 7) is 10.4. The number of benzene rings is 2. The number of amides is 2. The van der Waals surface area contributed by atoms with Gasteiger partial charge in [0.2, 0.25) is 0 Å². The zero-order valence-corrected chi connectivity index (χ0v) is 26.5. The molecule has 0 bridgehead atoms. The predicted octanol–water partition coefficient (Wildman–Crippen LogP) is 5.64. The van der Waals surface area contributed by atoms with Crippen LogP contribution in [0.25, 0.3) is 0 Å². The molecule has 0 fully saturated rings. The standard InChI is InChI=1S/C30H40N2O8S2/c1-29(2,3)39-25(33)23(31-27(35)37-17-21-13-9-7-10-14-21)19-41-42-20-24(26(34)40-30(4,5)6)32-28(36)38-18-22-15-11-8-12-16-22/h7-16,23-24H,17-20H2,1-6H3,(H,31,35)(H,32,36)/t23-,24+. The highest BCUT2D eigenvalue weighted by Gasteiger charge is 2.30. The highest BCUT2D eigenvalue weighted by Crippen LogP contribution is 2.25. The summed E-state index contributed by atoms with van der Waals surface area (Å²) in [5.74, 6) is -1.03. The van der Waals surface area contributed by atoms with Gasteiger partial charge in [-0.2, -0.15) is 0 Å². The van der Waals surface area contributed by atoms with Gasteiger partial charge in [-0.15, -0.1) is 0 Å². The molecule has 0 aliphatic carbocycles. The number of ether oxygens (including phenoxy) is 4. The van der Waals surface area contributed by atoms with Crippen LogP contribution >= 0.6 is 21.6 Å². The summed E-state index contributed by atoms with van der Waals surface area (Å²) in [7, 11) is 2.44. The Hall–Kier alpha value is -3.38. The zero-order chi connectivity index (χ0) is 31.2. The first-order chi connectivity index (χ1) is 19.7. The zero-order valence-electron chi connectivity index (χ0n) is 24.8. The van der Waals surface area contributed by atoms with Crippen LogP contribution in [0.3, 0.4) is 0 Å². The molecule has 0 aliphatic rings. The summed E-state index contributed by atoms with van der Waals surface area (Å²) in [5, 5.41) is 5.13. The van der Waals surface area contributed by atoms with Crippen molar-refractivity contribution in [3.63, 3.8) is 0 Å². The number of carbonyl (C=O) groups is 4. The lowest BCUT2D eigenvalue weighted by Gasteiger charge is -2.25. The van der Waals surface area contributed by atoms with E-state index in [1.165, 1.54) is 21.6 Å². The Balaban J connectivity index is 1.96. The number of hydrogen-bond acceptors (Lipinski definition) is 10. The molecule has 0 spiro atoms. The molecule has 0 saturated heterocycles. The van der Waals surface area contributed by atoms with Crippen LogP contribution in [0.2, 0.25) is 0 Å². The number of esters is 2. The fraction of sp³-hybridized carbons (Fsp3) is 0.467. The van der Waals surface area contributed by atoms with Crippen molar-refractivity contribution >= 4 is 45.7 Å². The van der Waals surface area contributed by atoms with Crippen molar-refractivity contribution < 1.29 is 38.1 Å². The predicted molar refractivity (Wildman–Crippen MR) is 164 cm³/mol. The molecule has 2 aromatic carbocycles. The Labute approximate surface area is 255 Å². The molecule has 0 heterocycles. The lowest BCUT2D eigenvalue weighted by atomic mass is 10.2. The molecule has 2 atom stereocenters. The molecule has 2 N–H and O–H groups in total. The Kier molecular flexibility index (Phi) is 14.0. The van der Waals surface area contributed by atoms with Crippen molar-refractivity contribution in [1.82, 2.24) is 10.6 Å². The third kappa shape index (κ3) is 15.0. The number of alkyl carbamates (subject to hydrolysis) is 2. The highest BCUT2D eigenvalue weighted by molar-refractivity contribution is 8.76. The van der Waals surface area contributed by atoms with Gasteiger partial charge in [-0.25, -0.2) is 19.2 Å². The quantitative estimate of drug-likeness (QED) is 0.126. The van der Waals surface area contributed by atoms with Gasteiger partial charge in [0.15, 0.2) is 0 Å². The van der Waals surface area contributed by atoms with Gasteiger partial charge in [0.25, 0.3) is 0 Å². The van der Waals surface area contributed by atoms with E-state index in [1.807, 2.05) is 60.7 Å². The van der Waals surface area contributed by atoms with Crippen LogP contribution in [0.5, 0.6) is 0 Å². The molecule has 2 amide bonds. The molecule has 230 valence electrons. The van der Waals surface area contributed by atoms with Crippen molar-refractivity contribution in [1.29, 1.82) is 0 Å². The molecule has 0 aromatic heterocycles. The summed E-state index contributed by atoms with van der Waals surface area (Å²) in [6, 6.07) is 16.3. The van der Waals surface area contributed by atoms with Gasteiger partial charge in [0, 0.05) is 11.5 Å². The molecule has 0 saturated carbocycles. The molecular weight excluding hydrogens is 580 g/mol. The smallest absolute Gasteiger partial charge is 0.408 e. The van der Waals surface area contributed by atoms with Crippen LogP contribution in [0.1, 0.15) is 52.7 Å².